The topological polar surface area (TPSA) is 29.3 Å². The molecule has 0 bridgehead atoms. The molecule has 2 aliphatic carbocycles. The first-order valence-corrected chi connectivity index (χ1v) is 12.4. The van der Waals surface area contributed by atoms with E-state index in [0.29, 0.717) is 18.8 Å². The van der Waals surface area contributed by atoms with E-state index in [0.717, 1.165) is 44.7 Å². The van der Waals surface area contributed by atoms with Gasteiger partial charge in [-0.15, -0.1) is 0 Å². The maximum absolute atomic E-state index is 13.2. The van der Waals surface area contributed by atoms with Crippen LogP contribution in [0.1, 0.15) is 50.2 Å². The second-order valence-corrected chi connectivity index (χ2v) is 9.56. The fourth-order valence-corrected chi connectivity index (χ4v) is 6.29. The van der Waals surface area contributed by atoms with E-state index in [4.69, 9.17) is 4.74 Å². The van der Waals surface area contributed by atoms with Crippen LogP contribution in [-0.4, -0.2) is 36.0 Å². The average Bonchev–Trinajstić information content (AvgIpc) is 3.33. The number of hydrogen-bond acceptors (Lipinski definition) is 2. The van der Waals surface area contributed by atoms with Gasteiger partial charge in [-0.2, -0.15) is 0 Å². The smallest absolute Gasteiger partial charge is 0.340 e. The summed E-state index contributed by atoms with van der Waals surface area (Å²) < 4.78 is 8.61. The third-order valence-electron chi connectivity index (χ3n) is 7.84. The first kappa shape index (κ1) is 21.9. The summed E-state index contributed by atoms with van der Waals surface area (Å²) in [6.07, 6.45) is 11.1. The molecule has 0 radical (unpaired) electrons. The molecule has 33 heavy (non-hydrogen) atoms. The van der Waals surface area contributed by atoms with Crippen molar-refractivity contribution in [3.63, 3.8) is 0 Å². The second kappa shape index (κ2) is 9.51. The molecule has 5 rings (SSSR count). The summed E-state index contributed by atoms with van der Waals surface area (Å²) in [4.78, 5) is 13.2. The third kappa shape index (κ3) is 4.10. The van der Waals surface area contributed by atoms with Crippen LogP contribution in [0.25, 0.3) is 0 Å². The zero-order chi connectivity index (χ0) is 22.7. The van der Waals surface area contributed by atoms with Crippen molar-refractivity contribution in [3.05, 3.63) is 95.6 Å². The maximum atomic E-state index is 13.2. The number of carbonyl (C=O) groups is 1. The molecule has 2 fully saturated rings. The Kier molecular flexibility index (Phi) is 6.30. The van der Waals surface area contributed by atoms with Crippen LogP contribution in [0.15, 0.2) is 84.5 Å². The Morgan fingerprint density at radius 1 is 1.00 bits per heavy atom. The molecule has 3 aliphatic rings. The normalized spacial score (nSPS) is 25.4. The van der Waals surface area contributed by atoms with Crippen molar-refractivity contribution < 1.29 is 14.1 Å². The molecule has 3 heteroatoms. The number of fused-ring (bicyclic) bond motifs is 1. The Labute approximate surface area is 197 Å². The standard InChI is InChI=1S/C30H34NO2/c1-2-33-29(20-23-12-6-3-7-13-23)31-21-26-27(22-31)30(19-18-28(26)32,24-14-8-4-9-15-24)25-16-10-5-11-17-25/h3-6,8-11,13-17,26-27H,2,7,12,18-22H2,1H3/q+1. The first-order valence-electron chi connectivity index (χ1n) is 12.4. The summed E-state index contributed by atoms with van der Waals surface area (Å²) in [5.74, 6) is 1.73. The third-order valence-corrected chi connectivity index (χ3v) is 7.84. The molecular weight excluding hydrogens is 406 g/mol. The molecule has 0 aromatic heterocycles. The fourth-order valence-electron chi connectivity index (χ4n) is 6.29. The number of allylic oxidation sites excluding steroid dienone is 3. The van der Waals surface area contributed by atoms with E-state index >= 15 is 0 Å². The predicted molar refractivity (Wildman–Crippen MR) is 133 cm³/mol. The predicted octanol–water partition coefficient (Wildman–Crippen LogP) is 5.70. The van der Waals surface area contributed by atoms with Gasteiger partial charge in [-0.25, -0.2) is 4.58 Å². The highest BCUT2D eigenvalue weighted by Crippen LogP contribution is 2.52. The number of benzene rings is 2. The zero-order valence-corrected chi connectivity index (χ0v) is 19.6. The van der Waals surface area contributed by atoms with Crippen LogP contribution < -0.4 is 0 Å². The van der Waals surface area contributed by atoms with Crippen molar-refractivity contribution in [1.82, 2.24) is 0 Å². The molecule has 3 nitrogen and oxygen atoms in total. The van der Waals surface area contributed by atoms with Gasteiger partial charge in [0.05, 0.1) is 18.9 Å². The number of ketones is 1. The molecule has 0 N–H and O–H groups in total. The summed E-state index contributed by atoms with van der Waals surface area (Å²) in [5, 5.41) is 0. The first-order chi connectivity index (χ1) is 16.2. The van der Waals surface area contributed by atoms with Crippen molar-refractivity contribution in [1.29, 1.82) is 0 Å². The van der Waals surface area contributed by atoms with E-state index in [9.17, 15) is 4.79 Å². The largest absolute Gasteiger partial charge is 0.448 e. The zero-order valence-electron chi connectivity index (χ0n) is 19.6. The number of nitrogens with zero attached hydrogens (tertiary/aromatic N) is 1. The van der Waals surface area contributed by atoms with E-state index in [2.05, 4.69) is 90.4 Å². The van der Waals surface area contributed by atoms with E-state index < -0.39 is 0 Å². The number of carbonyl (C=O) groups excluding carboxylic acids is 1. The molecular formula is C30H34NO2+. The number of Topliss-reactive ketones (excluding diaryl/α,β-unsaturated/α-hetero) is 1. The van der Waals surface area contributed by atoms with Gasteiger partial charge in [0, 0.05) is 17.8 Å². The minimum Gasteiger partial charge on any atom is -0.448 e. The maximum Gasteiger partial charge on any atom is 0.340 e. The molecule has 2 atom stereocenters. The molecule has 1 heterocycles. The molecule has 1 saturated carbocycles. The van der Waals surface area contributed by atoms with Gasteiger partial charge < -0.3 is 4.74 Å². The number of hydrogen-bond donors (Lipinski definition) is 0. The Hall–Kier alpha value is -2.94. The molecule has 2 aromatic carbocycles. The van der Waals surface area contributed by atoms with Crippen molar-refractivity contribution in [2.45, 2.75) is 44.4 Å². The van der Waals surface area contributed by atoms with Gasteiger partial charge in [0.1, 0.15) is 5.78 Å². The van der Waals surface area contributed by atoms with Crippen LogP contribution in [0.5, 0.6) is 0 Å². The van der Waals surface area contributed by atoms with Crippen molar-refractivity contribution in [2.24, 2.45) is 11.8 Å². The fraction of sp³-hybridized carbons (Fsp3) is 0.400. The Morgan fingerprint density at radius 2 is 1.70 bits per heavy atom. The summed E-state index contributed by atoms with van der Waals surface area (Å²) >= 11 is 0. The van der Waals surface area contributed by atoms with E-state index in [1.165, 1.54) is 16.7 Å². The summed E-state index contributed by atoms with van der Waals surface area (Å²) in [6.45, 7) is 4.34. The van der Waals surface area contributed by atoms with E-state index in [1.807, 2.05) is 0 Å². The van der Waals surface area contributed by atoms with Crippen LogP contribution in [0, 0.1) is 11.8 Å². The summed E-state index contributed by atoms with van der Waals surface area (Å²) in [6, 6.07) is 21.8. The van der Waals surface area contributed by atoms with Crippen LogP contribution in [0.3, 0.4) is 0 Å². The van der Waals surface area contributed by atoms with Gasteiger partial charge >= 0.3 is 5.90 Å². The number of ether oxygens (including phenoxy) is 1. The quantitative estimate of drug-likeness (QED) is 0.339. The Bertz CT molecular complexity index is 1040. The van der Waals surface area contributed by atoms with Gasteiger partial charge in [-0.3, -0.25) is 4.79 Å². The molecule has 2 aromatic rings. The SMILES string of the molecule is CCOC(CC1=CCC=CC1)=[N+]1CC2C(=O)CCC(c3ccccc3)(c3ccccc3)C2C1. The van der Waals surface area contributed by atoms with Crippen LogP contribution in [-0.2, 0) is 14.9 Å². The van der Waals surface area contributed by atoms with Crippen LogP contribution in [0.2, 0.25) is 0 Å². The molecule has 170 valence electrons. The van der Waals surface area contributed by atoms with Gasteiger partial charge in [0.25, 0.3) is 0 Å². The summed E-state index contributed by atoms with van der Waals surface area (Å²) in [5.41, 5.74) is 3.93. The van der Waals surface area contributed by atoms with Crippen LogP contribution in [0.4, 0.5) is 0 Å². The highest BCUT2D eigenvalue weighted by molar-refractivity contribution is 5.84. The lowest BCUT2D eigenvalue weighted by molar-refractivity contribution is -0.521. The Morgan fingerprint density at radius 3 is 2.30 bits per heavy atom. The second-order valence-electron chi connectivity index (χ2n) is 9.56. The highest BCUT2D eigenvalue weighted by atomic mass is 16.5. The minimum atomic E-state index is -0.153. The van der Waals surface area contributed by atoms with Crippen LogP contribution >= 0.6 is 0 Å². The van der Waals surface area contributed by atoms with Crippen molar-refractivity contribution >= 4 is 11.7 Å². The Balaban J connectivity index is 1.58. The lowest BCUT2D eigenvalue weighted by atomic mass is 9.56. The molecule has 0 amide bonds. The van der Waals surface area contributed by atoms with Gasteiger partial charge in [0.15, 0.2) is 13.1 Å². The van der Waals surface area contributed by atoms with Crippen molar-refractivity contribution in [3.8, 4) is 0 Å². The lowest BCUT2D eigenvalue weighted by Gasteiger charge is -2.43. The molecule has 0 spiro atoms. The van der Waals surface area contributed by atoms with Gasteiger partial charge in [-0.1, -0.05) is 84.5 Å². The average molecular weight is 441 g/mol. The van der Waals surface area contributed by atoms with Gasteiger partial charge in [-0.05, 0) is 37.3 Å². The highest BCUT2D eigenvalue weighted by Gasteiger charge is 2.57. The van der Waals surface area contributed by atoms with Crippen molar-refractivity contribution in [2.75, 3.05) is 19.7 Å². The molecule has 1 aliphatic heterocycles. The molecule has 1 saturated heterocycles. The monoisotopic (exact) mass is 440 g/mol. The summed E-state index contributed by atoms with van der Waals surface area (Å²) in [7, 11) is 0. The van der Waals surface area contributed by atoms with E-state index in [-0.39, 0.29) is 17.3 Å². The number of rotatable bonds is 5. The van der Waals surface area contributed by atoms with Gasteiger partial charge in [0.2, 0.25) is 0 Å². The molecule has 2 unspecified atom stereocenters. The minimum absolute atomic E-state index is 0.0369. The lowest BCUT2D eigenvalue weighted by Crippen LogP contribution is -2.47. The van der Waals surface area contributed by atoms with E-state index in [1.54, 1.807) is 0 Å².